The van der Waals surface area contributed by atoms with Crippen LogP contribution < -0.4 is 0 Å². The van der Waals surface area contributed by atoms with Crippen molar-refractivity contribution in [1.29, 1.82) is 0 Å². The smallest absolute Gasteiger partial charge is 0.0555 e. The highest BCUT2D eigenvalue weighted by Crippen LogP contribution is 2.36. The molecule has 0 bridgehead atoms. The molecule has 2 fully saturated rings. The molecule has 3 atom stereocenters. The number of likely N-dealkylation sites (tertiary alicyclic amines) is 1. The maximum absolute atomic E-state index is 9.42. The maximum atomic E-state index is 9.42. The Labute approximate surface area is 68.2 Å². The van der Waals surface area contributed by atoms with Gasteiger partial charge in [0.2, 0.25) is 0 Å². The van der Waals surface area contributed by atoms with Crippen LogP contribution in [0.15, 0.2) is 0 Å². The molecule has 0 aromatic heterocycles. The number of hydrogen-bond donors (Lipinski definition) is 1. The Morgan fingerprint density at radius 1 is 1.45 bits per heavy atom. The second kappa shape index (κ2) is 2.76. The third-order valence-corrected chi connectivity index (χ3v) is 3.27. The summed E-state index contributed by atoms with van der Waals surface area (Å²) >= 11 is 0. The molecule has 0 amide bonds. The number of rotatable bonds is 1. The number of aliphatic hydroxyl groups excluding tert-OH is 1. The first-order valence-electron chi connectivity index (χ1n) is 4.73. The van der Waals surface area contributed by atoms with Gasteiger partial charge in [-0.25, -0.2) is 0 Å². The molecule has 2 aliphatic rings. The van der Waals surface area contributed by atoms with E-state index in [2.05, 4.69) is 11.8 Å². The van der Waals surface area contributed by atoms with E-state index in [1.165, 1.54) is 13.0 Å². The predicted octanol–water partition coefficient (Wildman–Crippen LogP) is 0.851. The minimum Gasteiger partial charge on any atom is -0.393 e. The van der Waals surface area contributed by atoms with Gasteiger partial charge in [-0.15, -0.1) is 0 Å². The van der Waals surface area contributed by atoms with Crippen LogP contribution in [0.2, 0.25) is 0 Å². The van der Waals surface area contributed by atoms with Crippen molar-refractivity contribution >= 4 is 0 Å². The first-order chi connectivity index (χ1) is 5.31. The van der Waals surface area contributed by atoms with E-state index in [1.54, 1.807) is 0 Å². The zero-order valence-corrected chi connectivity index (χ0v) is 7.16. The lowest BCUT2D eigenvalue weighted by Crippen LogP contribution is -2.59. The molecule has 0 aromatic rings. The molecule has 1 N–H and O–H groups in total. The van der Waals surface area contributed by atoms with Crippen molar-refractivity contribution in [1.82, 2.24) is 4.90 Å². The van der Waals surface area contributed by atoms with Gasteiger partial charge in [0.15, 0.2) is 0 Å². The fourth-order valence-corrected chi connectivity index (χ4v) is 2.51. The van der Waals surface area contributed by atoms with Crippen molar-refractivity contribution in [2.45, 2.75) is 38.3 Å². The Hall–Kier alpha value is -0.0800. The first kappa shape index (κ1) is 7.56. The lowest BCUT2D eigenvalue weighted by atomic mass is 9.76. The largest absolute Gasteiger partial charge is 0.393 e. The summed E-state index contributed by atoms with van der Waals surface area (Å²) in [5, 5.41) is 9.42. The summed E-state index contributed by atoms with van der Waals surface area (Å²) in [6.07, 6.45) is 3.31. The average molecular weight is 155 g/mol. The van der Waals surface area contributed by atoms with E-state index in [0.29, 0.717) is 0 Å². The summed E-state index contributed by atoms with van der Waals surface area (Å²) in [7, 11) is 0. The van der Waals surface area contributed by atoms with Gasteiger partial charge in [0.1, 0.15) is 0 Å². The van der Waals surface area contributed by atoms with Crippen molar-refractivity contribution in [3.05, 3.63) is 0 Å². The number of aliphatic hydroxyl groups is 1. The van der Waals surface area contributed by atoms with Gasteiger partial charge in [0.25, 0.3) is 0 Å². The van der Waals surface area contributed by atoms with Crippen LogP contribution in [0.4, 0.5) is 0 Å². The van der Waals surface area contributed by atoms with Crippen LogP contribution in [0, 0.1) is 5.92 Å². The second-order valence-electron chi connectivity index (χ2n) is 3.88. The van der Waals surface area contributed by atoms with Crippen LogP contribution in [0.3, 0.4) is 0 Å². The summed E-state index contributed by atoms with van der Waals surface area (Å²) < 4.78 is 0. The molecule has 64 valence electrons. The van der Waals surface area contributed by atoms with Crippen LogP contribution >= 0.6 is 0 Å². The van der Waals surface area contributed by atoms with Gasteiger partial charge in [0, 0.05) is 12.6 Å². The lowest BCUT2D eigenvalue weighted by Gasteiger charge is -2.51. The third-order valence-electron chi connectivity index (χ3n) is 3.27. The summed E-state index contributed by atoms with van der Waals surface area (Å²) in [6.45, 7) is 4.65. The molecule has 1 saturated carbocycles. The van der Waals surface area contributed by atoms with Crippen LogP contribution in [-0.4, -0.2) is 35.2 Å². The minimum absolute atomic E-state index is 0.00870. The van der Waals surface area contributed by atoms with Gasteiger partial charge in [0.05, 0.1) is 6.10 Å². The van der Waals surface area contributed by atoms with E-state index in [-0.39, 0.29) is 6.10 Å². The van der Waals surface area contributed by atoms with Crippen molar-refractivity contribution in [2.75, 3.05) is 13.1 Å². The monoisotopic (exact) mass is 155 g/mol. The van der Waals surface area contributed by atoms with Crippen molar-refractivity contribution in [3.8, 4) is 0 Å². The van der Waals surface area contributed by atoms with Crippen LogP contribution in [0.5, 0.6) is 0 Å². The molecule has 1 saturated heterocycles. The van der Waals surface area contributed by atoms with Gasteiger partial charge >= 0.3 is 0 Å². The second-order valence-corrected chi connectivity index (χ2v) is 3.88. The van der Waals surface area contributed by atoms with Gasteiger partial charge in [-0.2, -0.15) is 0 Å². The van der Waals surface area contributed by atoms with Crippen molar-refractivity contribution in [3.63, 3.8) is 0 Å². The van der Waals surface area contributed by atoms with E-state index in [4.69, 9.17) is 0 Å². The summed E-state index contributed by atoms with van der Waals surface area (Å²) in [5.41, 5.74) is 0. The lowest BCUT2D eigenvalue weighted by molar-refractivity contribution is -0.0518. The summed E-state index contributed by atoms with van der Waals surface area (Å²) in [5.74, 6) is 0.915. The van der Waals surface area contributed by atoms with Crippen molar-refractivity contribution < 1.29 is 5.11 Å². The van der Waals surface area contributed by atoms with Gasteiger partial charge in [-0.3, -0.25) is 4.90 Å². The highest BCUT2D eigenvalue weighted by molar-refractivity contribution is 4.95. The van der Waals surface area contributed by atoms with E-state index < -0.39 is 0 Å². The Morgan fingerprint density at radius 3 is 3.00 bits per heavy atom. The quantitative estimate of drug-likeness (QED) is 0.607. The molecule has 2 heteroatoms. The third kappa shape index (κ3) is 1.18. The summed E-state index contributed by atoms with van der Waals surface area (Å²) in [6, 6.07) is 0.726. The number of hydrogen-bond acceptors (Lipinski definition) is 2. The molecule has 1 aliphatic heterocycles. The van der Waals surface area contributed by atoms with Crippen molar-refractivity contribution in [2.24, 2.45) is 5.92 Å². The minimum atomic E-state index is -0.00870. The van der Waals surface area contributed by atoms with E-state index in [9.17, 15) is 5.11 Å². The highest BCUT2D eigenvalue weighted by atomic mass is 16.3. The summed E-state index contributed by atoms with van der Waals surface area (Å²) in [4.78, 5) is 2.48. The maximum Gasteiger partial charge on any atom is 0.0555 e. The van der Waals surface area contributed by atoms with E-state index in [1.807, 2.05) is 0 Å². The van der Waals surface area contributed by atoms with Crippen LogP contribution in [0.1, 0.15) is 26.2 Å². The van der Waals surface area contributed by atoms with Crippen LogP contribution in [0.25, 0.3) is 0 Å². The molecule has 0 spiro atoms. The molecule has 1 aliphatic carbocycles. The Morgan fingerprint density at radius 2 is 2.27 bits per heavy atom. The molecule has 3 unspecified atom stereocenters. The Balaban J connectivity index is 1.91. The molecule has 2 nitrogen and oxygen atoms in total. The predicted molar refractivity (Wildman–Crippen MR) is 44.4 cm³/mol. The molecule has 2 rings (SSSR count). The van der Waals surface area contributed by atoms with Gasteiger partial charge < -0.3 is 5.11 Å². The SMILES string of the molecule is CCN1CC2CCC(O)CC21. The molecular weight excluding hydrogens is 138 g/mol. The Bertz CT molecular complexity index is 142. The topological polar surface area (TPSA) is 23.5 Å². The standard InChI is InChI=1S/C9H17NO/c1-2-10-6-7-3-4-8(11)5-9(7)10/h7-9,11H,2-6H2,1H3. The molecule has 11 heavy (non-hydrogen) atoms. The molecule has 1 heterocycles. The molecule has 0 aromatic carbocycles. The number of fused-ring (bicyclic) bond motifs is 1. The van der Waals surface area contributed by atoms with E-state index >= 15 is 0 Å². The van der Waals surface area contributed by atoms with Gasteiger partial charge in [-0.05, 0) is 31.7 Å². The zero-order chi connectivity index (χ0) is 7.84. The normalized spacial score (nSPS) is 44.7. The number of nitrogens with zero attached hydrogens (tertiary/aromatic N) is 1. The highest BCUT2D eigenvalue weighted by Gasteiger charge is 2.41. The van der Waals surface area contributed by atoms with Crippen LogP contribution in [-0.2, 0) is 0 Å². The molecule has 0 radical (unpaired) electrons. The zero-order valence-electron chi connectivity index (χ0n) is 7.16. The fourth-order valence-electron chi connectivity index (χ4n) is 2.51. The van der Waals surface area contributed by atoms with Gasteiger partial charge in [-0.1, -0.05) is 6.92 Å². The fraction of sp³-hybridized carbons (Fsp3) is 1.00. The first-order valence-corrected chi connectivity index (χ1v) is 4.73. The Kier molecular flexibility index (Phi) is 1.90. The average Bonchev–Trinajstić information content (AvgIpc) is 1.97. The molecular formula is C9H17NO. The van der Waals surface area contributed by atoms with E-state index in [0.717, 1.165) is 31.3 Å².